The maximum atomic E-state index is 7.63. The lowest BCUT2D eigenvalue weighted by Crippen LogP contribution is -2.93. The number of epoxide rings is 1. The van der Waals surface area contributed by atoms with Gasteiger partial charge >= 0.3 is 80.9 Å². The van der Waals surface area contributed by atoms with Gasteiger partial charge in [0.05, 0.1) is 12.2 Å². The van der Waals surface area contributed by atoms with Crippen molar-refractivity contribution in [1.29, 1.82) is 0 Å². The maximum Gasteiger partial charge on any atom is 0.653 e. The Hall–Kier alpha value is 2.59. The zero-order valence-corrected chi connectivity index (χ0v) is 62.0. The van der Waals surface area contributed by atoms with Crippen LogP contribution in [0.3, 0.4) is 0 Å². The van der Waals surface area contributed by atoms with Crippen LogP contribution in [0.15, 0.2) is 0 Å². The van der Waals surface area contributed by atoms with E-state index in [2.05, 4.69) is 0 Å². The van der Waals surface area contributed by atoms with Crippen LogP contribution >= 0.6 is 0 Å². The van der Waals surface area contributed by atoms with Crippen molar-refractivity contribution in [3.05, 3.63) is 0 Å². The molecule has 8 fully saturated rings. The van der Waals surface area contributed by atoms with E-state index in [0.29, 0.717) is 24.7 Å². The van der Waals surface area contributed by atoms with E-state index in [1.54, 1.807) is 0 Å². The average Bonchev–Trinajstić information content (AvgIpc) is 3.77. The van der Waals surface area contributed by atoms with Crippen LogP contribution in [0.2, 0.25) is 150 Å². The van der Waals surface area contributed by atoms with Gasteiger partial charge in [-0.1, -0.05) is 0 Å². The van der Waals surface area contributed by atoms with E-state index in [0.717, 1.165) is 25.7 Å². The third kappa shape index (κ3) is 15.7. The summed E-state index contributed by atoms with van der Waals surface area (Å²) < 4.78 is 161. The predicted molar refractivity (Wildman–Crippen MR) is 290 cm³/mol. The second kappa shape index (κ2) is 19.4. The van der Waals surface area contributed by atoms with Crippen LogP contribution in [-0.4, -0.2) is 158 Å². The van der Waals surface area contributed by atoms with Gasteiger partial charge in [0.15, 0.2) is 58.2 Å². The summed E-state index contributed by atoms with van der Waals surface area (Å²) in [6.07, 6.45) is 4.42. The van der Waals surface area contributed by atoms with E-state index in [-0.39, 0.29) is 6.10 Å². The predicted octanol–water partition coefficient (Wildman–Crippen LogP) is 7.78. The number of hydrogen-bond donors (Lipinski definition) is 0. The van der Waals surface area contributed by atoms with Crippen LogP contribution in [0.4, 0.5) is 0 Å². The summed E-state index contributed by atoms with van der Waals surface area (Å²) in [7, 11) is -65.0. The minimum absolute atomic E-state index is 0.283. The minimum Gasteiger partial charge on any atom is -0.396 e. The zero-order chi connectivity index (χ0) is 52.5. The molecular formula is C32H84O22Si16. The first-order valence-corrected chi connectivity index (χ1v) is 64.0. The Bertz CT molecular complexity index is 1730. The molecule has 0 spiro atoms. The fraction of sp³-hybridized carbons (Fsp3) is 1.00. The van der Waals surface area contributed by atoms with E-state index in [1.807, 2.05) is 151 Å². The van der Waals surface area contributed by atoms with Gasteiger partial charge in [-0.05, 0) is 189 Å². The van der Waals surface area contributed by atoms with Gasteiger partial charge in [0, 0.05) is 6.61 Å². The Balaban J connectivity index is 1.61. The number of rotatable bonds is 21. The van der Waals surface area contributed by atoms with Crippen LogP contribution in [-0.2, 0) is 91.5 Å². The van der Waals surface area contributed by atoms with Crippen molar-refractivity contribution in [1.82, 2.24) is 0 Å². The van der Waals surface area contributed by atoms with E-state index < -0.39 is 139 Å². The topological polar surface area (TPSA) is 206 Å². The standard InChI is InChI=1S/C32H84O22Si16/c1-24-33-62(23,28-27-30-25-26-31-32(29-30)34-31)42-70-52-67(39-59(14,15)16)46-64(36-56(5,6)7)43-63(35-55(2,3)4)44-65(48-67,37-57(8,9)10)50-69(54-70,41-61(20,21)22)51-66(45-63,38-58(11,12)13)49-68(47-64,53-70)40-60(17,18)19/h30-32H,24-29H2,1-23H3. The van der Waals surface area contributed by atoms with Crippen LogP contribution in [0.1, 0.15) is 32.6 Å². The van der Waals surface area contributed by atoms with Gasteiger partial charge in [-0.25, -0.2) is 0 Å². The normalized spacial score (nSPS) is 41.3. The molecule has 0 amide bonds. The highest BCUT2D eigenvalue weighted by Gasteiger charge is 2.92. The lowest BCUT2D eigenvalue weighted by molar-refractivity contribution is -0.130. The summed E-state index contributed by atoms with van der Waals surface area (Å²) in [6.45, 7) is 45.5. The third-order valence-electron chi connectivity index (χ3n) is 9.93. The average molecular weight is 1270 g/mol. The van der Waals surface area contributed by atoms with E-state index in [4.69, 9.17) is 91.5 Å². The largest absolute Gasteiger partial charge is 0.653 e. The van der Waals surface area contributed by atoms with E-state index >= 15 is 0 Å². The number of fused-ring (bicyclic) bond motifs is 1. The highest BCUT2D eigenvalue weighted by atomic mass is 28.7. The Morgan fingerprint density at radius 3 is 0.800 bits per heavy atom. The van der Waals surface area contributed by atoms with E-state index in [9.17, 15) is 0 Å². The van der Waals surface area contributed by atoms with Crippen molar-refractivity contribution >= 4 is 139 Å². The van der Waals surface area contributed by atoms with Gasteiger partial charge in [0.25, 0.3) is 0 Å². The molecular weight excluding hydrogens is 1190 g/mol. The molecule has 0 aromatic carbocycles. The minimum atomic E-state index is -5.27. The van der Waals surface area contributed by atoms with Gasteiger partial charge in [-0.3, -0.25) is 0 Å². The summed E-state index contributed by atoms with van der Waals surface area (Å²) >= 11 is 0. The van der Waals surface area contributed by atoms with Crippen LogP contribution in [0, 0.1) is 5.92 Å². The van der Waals surface area contributed by atoms with Gasteiger partial charge < -0.3 is 91.5 Å². The molecule has 0 radical (unpaired) electrons. The quantitative estimate of drug-likeness (QED) is 0.0794. The first kappa shape index (κ1) is 60.2. The third-order valence-corrected chi connectivity index (χ3v) is 62.9. The van der Waals surface area contributed by atoms with Crippen LogP contribution < -0.4 is 0 Å². The Morgan fingerprint density at radius 2 is 0.586 bits per heavy atom. The molecule has 0 N–H and O–H groups in total. The Kier molecular flexibility index (Phi) is 16.7. The molecule has 38 heteroatoms. The molecule has 4 unspecified atom stereocenters. The second-order valence-corrected chi connectivity index (χ2v) is 82.8. The van der Waals surface area contributed by atoms with Gasteiger partial charge in [0.2, 0.25) is 0 Å². The van der Waals surface area contributed by atoms with Crippen LogP contribution in [0.5, 0.6) is 0 Å². The molecule has 1 saturated carbocycles. The first-order chi connectivity index (χ1) is 31.2. The maximum absolute atomic E-state index is 7.63. The molecule has 8 aliphatic rings. The van der Waals surface area contributed by atoms with Crippen molar-refractivity contribution < 1.29 is 91.5 Å². The smallest absolute Gasteiger partial charge is 0.396 e. The summed E-state index contributed by atoms with van der Waals surface area (Å²) in [5.74, 6) is 0.377. The molecule has 4 atom stereocenters. The highest BCUT2D eigenvalue weighted by molar-refractivity contribution is 7.04. The van der Waals surface area contributed by atoms with Crippen molar-refractivity contribution in [3.8, 4) is 0 Å². The molecule has 7 saturated heterocycles. The van der Waals surface area contributed by atoms with Crippen LogP contribution in [0.25, 0.3) is 0 Å². The summed E-state index contributed by atoms with van der Waals surface area (Å²) in [4.78, 5) is 0. The molecule has 0 aromatic rings. The van der Waals surface area contributed by atoms with Crippen molar-refractivity contribution in [2.45, 2.75) is 195 Å². The van der Waals surface area contributed by atoms with Gasteiger partial charge in [-0.2, -0.15) is 0 Å². The first-order valence-electron chi connectivity index (χ1n) is 24.6. The van der Waals surface area contributed by atoms with Crippen molar-refractivity contribution in [3.63, 3.8) is 0 Å². The second-order valence-electron chi connectivity index (χ2n) is 25.8. The molecule has 8 bridgehead atoms. The molecule has 22 nitrogen and oxygen atoms in total. The Morgan fingerprint density at radius 1 is 0.343 bits per heavy atom. The molecule has 8 rings (SSSR count). The molecule has 1 aliphatic carbocycles. The molecule has 7 aliphatic heterocycles. The molecule has 408 valence electrons. The van der Waals surface area contributed by atoms with Gasteiger partial charge in [-0.15, -0.1) is 0 Å². The monoisotopic (exact) mass is 1270 g/mol. The number of hydrogen-bond acceptors (Lipinski definition) is 22. The van der Waals surface area contributed by atoms with Crippen molar-refractivity contribution in [2.24, 2.45) is 5.92 Å². The fourth-order valence-electron chi connectivity index (χ4n) is 8.40. The lowest BCUT2D eigenvalue weighted by Gasteiger charge is -2.60. The van der Waals surface area contributed by atoms with Crippen molar-refractivity contribution in [2.75, 3.05) is 6.61 Å². The van der Waals surface area contributed by atoms with E-state index in [1.165, 1.54) is 0 Å². The summed E-state index contributed by atoms with van der Waals surface area (Å²) in [6, 6.07) is 0.513. The highest BCUT2D eigenvalue weighted by Crippen LogP contribution is 2.53. The lowest BCUT2D eigenvalue weighted by atomic mass is 9.88. The molecule has 0 aromatic heterocycles. The fourth-order valence-corrected chi connectivity index (χ4v) is 74.5. The number of ether oxygens (including phenoxy) is 1. The summed E-state index contributed by atoms with van der Waals surface area (Å²) in [5.41, 5.74) is 0. The molecule has 70 heavy (non-hydrogen) atoms. The van der Waals surface area contributed by atoms with Gasteiger partial charge in [0.1, 0.15) is 0 Å². The molecule has 7 heterocycles. The SMILES string of the molecule is CCO[Si](C)(CCC1CCC2OC2C1)O[Si]12O[Si]3(O[Si](C)(C)C)O[Si]4(O[Si](C)(C)C)O[Si]5(O[Si](C)(C)C)O[Si](O[Si](C)(C)C)(O3)O[Si](O[Si](C)(C)C)(O[Si](O[Si](C)(C)C)(O5)O[Si](O[Si](C)(C)C)(O4)O1)O2. The Labute approximate surface area is 435 Å². The zero-order valence-electron chi connectivity index (χ0n) is 46.0. The summed E-state index contributed by atoms with van der Waals surface area (Å²) in [5, 5.41) is 0.